The molecule has 0 aromatic heterocycles. The number of morpholine rings is 1. The van der Waals surface area contributed by atoms with Crippen molar-refractivity contribution in [1.29, 1.82) is 10.5 Å². The molecule has 1 fully saturated rings. The third-order valence-corrected chi connectivity index (χ3v) is 2.86. The first-order valence-corrected chi connectivity index (χ1v) is 5.60. The van der Waals surface area contributed by atoms with Crippen LogP contribution in [0.3, 0.4) is 0 Å². The highest BCUT2D eigenvalue weighted by molar-refractivity contribution is 5.63. The van der Waals surface area contributed by atoms with E-state index in [1.54, 1.807) is 0 Å². The van der Waals surface area contributed by atoms with E-state index in [9.17, 15) is 10.1 Å². The second-order valence-electron chi connectivity index (χ2n) is 4.00. The predicted octanol–water partition coefficient (Wildman–Crippen LogP) is 1.20. The number of hydrogen-bond acceptors (Lipinski definition) is 6. The smallest absolute Gasteiger partial charge is 0.270 e. The van der Waals surface area contributed by atoms with Crippen LogP contribution >= 0.6 is 0 Å². The van der Waals surface area contributed by atoms with Gasteiger partial charge in [0, 0.05) is 18.7 Å². The van der Waals surface area contributed by atoms with Gasteiger partial charge in [-0.3, -0.25) is 10.1 Å². The van der Waals surface area contributed by atoms with Crippen LogP contribution in [-0.4, -0.2) is 30.7 Å². The molecule has 1 aliphatic rings. The Balaban J connectivity index is 2.32. The van der Waals surface area contributed by atoms with Crippen LogP contribution < -0.4 is 4.90 Å². The molecule has 96 valence electrons. The van der Waals surface area contributed by atoms with Crippen molar-refractivity contribution in [2.24, 2.45) is 0 Å². The standard InChI is InChI=1S/C12H10N4O3/c13-6-9-5-10(16(17)18)1-2-12(9)15-3-4-19-11(7-14)8-15/h1-2,5,11H,3-4,8H2. The Kier molecular flexibility index (Phi) is 3.60. The van der Waals surface area contributed by atoms with Crippen LogP contribution in [0.2, 0.25) is 0 Å². The van der Waals surface area contributed by atoms with Crippen LogP contribution in [-0.2, 0) is 4.74 Å². The highest BCUT2D eigenvalue weighted by atomic mass is 16.6. The van der Waals surface area contributed by atoms with E-state index in [0.29, 0.717) is 25.4 Å². The van der Waals surface area contributed by atoms with E-state index in [1.165, 1.54) is 18.2 Å². The minimum atomic E-state index is -0.546. The zero-order valence-corrected chi connectivity index (χ0v) is 9.94. The van der Waals surface area contributed by atoms with Gasteiger partial charge in [0.25, 0.3) is 5.69 Å². The number of benzene rings is 1. The summed E-state index contributed by atoms with van der Waals surface area (Å²) in [4.78, 5) is 12.0. The van der Waals surface area contributed by atoms with Crippen molar-refractivity contribution in [1.82, 2.24) is 0 Å². The van der Waals surface area contributed by atoms with Gasteiger partial charge in [0.05, 0.1) is 35.4 Å². The van der Waals surface area contributed by atoms with Gasteiger partial charge in [-0.2, -0.15) is 10.5 Å². The number of ether oxygens (including phenoxy) is 1. The topological polar surface area (TPSA) is 103 Å². The summed E-state index contributed by atoms with van der Waals surface area (Å²) in [5.74, 6) is 0. The van der Waals surface area contributed by atoms with Crippen LogP contribution in [0.15, 0.2) is 18.2 Å². The van der Waals surface area contributed by atoms with E-state index in [0.717, 1.165) is 0 Å². The van der Waals surface area contributed by atoms with Gasteiger partial charge < -0.3 is 9.64 Å². The van der Waals surface area contributed by atoms with Crippen molar-refractivity contribution >= 4 is 11.4 Å². The van der Waals surface area contributed by atoms with E-state index < -0.39 is 11.0 Å². The molecule has 1 aromatic rings. The molecule has 1 aromatic carbocycles. The molecule has 0 radical (unpaired) electrons. The Morgan fingerprint density at radius 3 is 2.89 bits per heavy atom. The number of non-ortho nitro benzene ring substituents is 1. The lowest BCUT2D eigenvalue weighted by molar-refractivity contribution is -0.384. The zero-order valence-electron chi connectivity index (χ0n) is 9.94. The molecule has 1 atom stereocenters. The van der Waals surface area contributed by atoms with E-state index in [4.69, 9.17) is 15.3 Å². The molecule has 7 heteroatoms. The number of nitrogens with zero attached hydrogens (tertiary/aromatic N) is 4. The fourth-order valence-electron chi connectivity index (χ4n) is 1.95. The van der Waals surface area contributed by atoms with Crippen molar-refractivity contribution in [3.63, 3.8) is 0 Å². The van der Waals surface area contributed by atoms with Gasteiger partial charge in [-0.1, -0.05) is 0 Å². The number of nitriles is 2. The molecule has 2 rings (SSSR count). The molecule has 19 heavy (non-hydrogen) atoms. The summed E-state index contributed by atoms with van der Waals surface area (Å²) in [5, 5.41) is 28.6. The first kappa shape index (κ1) is 12.8. The maximum atomic E-state index is 10.7. The second-order valence-corrected chi connectivity index (χ2v) is 4.00. The number of rotatable bonds is 2. The van der Waals surface area contributed by atoms with Crippen molar-refractivity contribution < 1.29 is 9.66 Å². The van der Waals surface area contributed by atoms with Gasteiger partial charge >= 0.3 is 0 Å². The third kappa shape index (κ3) is 2.62. The molecule has 0 bridgehead atoms. The van der Waals surface area contributed by atoms with Gasteiger partial charge in [0.15, 0.2) is 6.10 Å². The summed E-state index contributed by atoms with van der Waals surface area (Å²) in [6.07, 6.45) is -0.546. The average molecular weight is 258 g/mol. The molecule has 1 unspecified atom stereocenters. The minimum Gasteiger partial charge on any atom is -0.364 e. The Morgan fingerprint density at radius 2 is 2.26 bits per heavy atom. The normalized spacial score (nSPS) is 18.4. The van der Waals surface area contributed by atoms with Crippen molar-refractivity contribution in [3.8, 4) is 12.1 Å². The van der Waals surface area contributed by atoms with Crippen LogP contribution in [0.5, 0.6) is 0 Å². The summed E-state index contributed by atoms with van der Waals surface area (Å²) >= 11 is 0. The zero-order chi connectivity index (χ0) is 13.8. The number of hydrogen-bond donors (Lipinski definition) is 0. The summed E-state index contributed by atoms with van der Waals surface area (Å²) < 4.78 is 5.22. The lowest BCUT2D eigenvalue weighted by Crippen LogP contribution is -2.42. The summed E-state index contributed by atoms with van der Waals surface area (Å²) in [6.45, 7) is 1.29. The summed E-state index contributed by atoms with van der Waals surface area (Å²) in [5.41, 5.74) is 0.704. The molecular weight excluding hydrogens is 248 g/mol. The van der Waals surface area contributed by atoms with Crippen LogP contribution in [0.25, 0.3) is 0 Å². The van der Waals surface area contributed by atoms with E-state index in [1.807, 2.05) is 17.0 Å². The van der Waals surface area contributed by atoms with Crippen LogP contribution in [0, 0.1) is 32.8 Å². The Morgan fingerprint density at radius 1 is 1.47 bits per heavy atom. The molecule has 0 amide bonds. The maximum Gasteiger partial charge on any atom is 0.270 e. The first-order valence-electron chi connectivity index (χ1n) is 5.60. The molecule has 0 saturated carbocycles. The van der Waals surface area contributed by atoms with E-state index >= 15 is 0 Å². The highest BCUT2D eigenvalue weighted by Gasteiger charge is 2.23. The summed E-state index contributed by atoms with van der Waals surface area (Å²) in [6, 6.07) is 8.10. The van der Waals surface area contributed by atoms with Gasteiger partial charge in [-0.15, -0.1) is 0 Å². The van der Waals surface area contributed by atoms with Gasteiger partial charge in [-0.25, -0.2) is 0 Å². The molecule has 1 aliphatic heterocycles. The highest BCUT2D eigenvalue weighted by Crippen LogP contribution is 2.26. The number of nitro groups is 1. The largest absolute Gasteiger partial charge is 0.364 e. The fourth-order valence-corrected chi connectivity index (χ4v) is 1.95. The third-order valence-electron chi connectivity index (χ3n) is 2.86. The molecule has 0 aliphatic carbocycles. The quantitative estimate of drug-likeness (QED) is 0.583. The molecule has 1 heterocycles. The first-order chi connectivity index (χ1) is 9.15. The fraction of sp³-hybridized carbons (Fsp3) is 0.333. The SMILES string of the molecule is N#Cc1cc([N+](=O)[O-])ccc1N1CCOC(C#N)C1. The van der Waals surface area contributed by atoms with Crippen molar-refractivity contribution in [2.75, 3.05) is 24.6 Å². The molecule has 7 nitrogen and oxygen atoms in total. The molecule has 0 N–H and O–H groups in total. The van der Waals surface area contributed by atoms with E-state index in [2.05, 4.69) is 0 Å². The number of anilines is 1. The maximum absolute atomic E-state index is 10.7. The minimum absolute atomic E-state index is 0.120. The van der Waals surface area contributed by atoms with Gasteiger partial charge in [0.2, 0.25) is 0 Å². The Hall–Kier alpha value is -2.64. The monoisotopic (exact) mass is 258 g/mol. The number of nitro benzene ring substituents is 1. The Labute approximate surface area is 109 Å². The summed E-state index contributed by atoms with van der Waals surface area (Å²) in [7, 11) is 0. The van der Waals surface area contributed by atoms with Gasteiger partial charge in [0.1, 0.15) is 6.07 Å². The van der Waals surface area contributed by atoms with Crippen molar-refractivity contribution in [3.05, 3.63) is 33.9 Å². The molecule has 0 spiro atoms. The lowest BCUT2D eigenvalue weighted by Gasteiger charge is -2.32. The van der Waals surface area contributed by atoms with Crippen LogP contribution in [0.1, 0.15) is 5.56 Å². The second kappa shape index (κ2) is 5.34. The Bertz CT molecular complexity index is 588. The van der Waals surface area contributed by atoms with Crippen LogP contribution in [0.4, 0.5) is 11.4 Å². The predicted molar refractivity (Wildman–Crippen MR) is 65.4 cm³/mol. The lowest BCUT2D eigenvalue weighted by atomic mass is 10.1. The molecule has 1 saturated heterocycles. The molecular formula is C12H10N4O3. The van der Waals surface area contributed by atoms with Gasteiger partial charge in [-0.05, 0) is 6.07 Å². The van der Waals surface area contributed by atoms with E-state index in [-0.39, 0.29) is 11.3 Å². The average Bonchev–Trinajstić information content (AvgIpc) is 2.46. The van der Waals surface area contributed by atoms with Crippen molar-refractivity contribution in [2.45, 2.75) is 6.10 Å².